The first-order valence-corrected chi connectivity index (χ1v) is 14.7. The monoisotopic (exact) mass is 550 g/mol. The molecule has 1 unspecified atom stereocenters. The zero-order valence-corrected chi connectivity index (χ0v) is 22.9. The number of aliphatic hydroxyl groups is 1. The summed E-state index contributed by atoms with van der Waals surface area (Å²) >= 11 is 1.59. The van der Waals surface area contributed by atoms with Crippen LogP contribution in [-0.4, -0.2) is 101 Å². The van der Waals surface area contributed by atoms with Crippen molar-refractivity contribution in [3.05, 3.63) is 48.6 Å². The smallest absolute Gasteiger partial charge is 0.248 e. The maximum atomic E-state index is 14.4. The second-order valence-corrected chi connectivity index (χ2v) is 12.2. The molecule has 0 radical (unpaired) electrons. The number of unbranched alkanes of at least 4 members (excludes halogenated alkanes) is 1. The maximum absolute atomic E-state index is 14.4. The molecule has 1 aromatic heterocycles. The van der Waals surface area contributed by atoms with Crippen LogP contribution in [0.15, 0.2) is 48.6 Å². The molecule has 10 nitrogen and oxygen atoms in total. The number of fused-ring (bicyclic) bond motifs is 3. The van der Waals surface area contributed by atoms with Crippen LogP contribution in [0.3, 0.4) is 0 Å². The van der Waals surface area contributed by atoms with E-state index in [-0.39, 0.29) is 36.2 Å². The number of aromatic nitrogens is 3. The molecule has 4 aliphatic heterocycles. The Morgan fingerprint density at radius 2 is 1.85 bits per heavy atom. The maximum Gasteiger partial charge on any atom is 0.248 e. The molecule has 39 heavy (non-hydrogen) atoms. The summed E-state index contributed by atoms with van der Waals surface area (Å²) in [6.07, 6.45) is 10.1. The molecular formula is C28H34N6O4S. The van der Waals surface area contributed by atoms with Crippen molar-refractivity contribution >= 4 is 40.5 Å². The summed E-state index contributed by atoms with van der Waals surface area (Å²) in [5, 5.41) is 17.7. The number of hydrogen-bond donors (Lipinski definition) is 1. The lowest BCUT2D eigenvalue weighted by Crippen LogP contribution is -2.53. The summed E-state index contributed by atoms with van der Waals surface area (Å²) in [6.45, 7) is 4.20. The van der Waals surface area contributed by atoms with Crippen LogP contribution >= 0.6 is 11.8 Å². The third-order valence-corrected chi connectivity index (χ3v) is 10.1. The molecule has 11 heteroatoms. The Labute approximate surface area is 231 Å². The van der Waals surface area contributed by atoms with Gasteiger partial charge in [-0.2, -0.15) is 0 Å². The van der Waals surface area contributed by atoms with Crippen LogP contribution in [0.1, 0.15) is 26.2 Å². The molecule has 5 atom stereocenters. The summed E-state index contributed by atoms with van der Waals surface area (Å²) in [7, 11) is 0. The highest BCUT2D eigenvalue weighted by Crippen LogP contribution is 2.61. The fraction of sp³-hybridized carbons (Fsp3) is 0.536. The average Bonchev–Trinajstić information content (AvgIpc) is 3.49. The molecule has 1 aromatic carbocycles. The number of carbonyl (C=O) groups excluding carboxylic acids is 3. The van der Waals surface area contributed by atoms with Gasteiger partial charge in [-0.25, -0.2) is 4.68 Å². The minimum absolute atomic E-state index is 0.00145. The number of aliphatic hydroxyl groups excluding tert-OH is 1. The summed E-state index contributed by atoms with van der Waals surface area (Å²) < 4.78 is 0.876. The van der Waals surface area contributed by atoms with Crippen LogP contribution in [0.2, 0.25) is 0 Å². The van der Waals surface area contributed by atoms with E-state index in [1.165, 1.54) is 0 Å². The summed E-state index contributed by atoms with van der Waals surface area (Å²) in [6, 6.07) is 6.88. The van der Waals surface area contributed by atoms with E-state index in [1.807, 2.05) is 54.3 Å². The third kappa shape index (κ3) is 4.17. The van der Waals surface area contributed by atoms with Gasteiger partial charge >= 0.3 is 0 Å². The van der Waals surface area contributed by atoms with Gasteiger partial charge < -0.3 is 19.8 Å². The molecule has 1 N–H and O–H groups in total. The lowest BCUT2D eigenvalue weighted by Gasteiger charge is -2.35. The Hall–Kier alpha value is -3.18. The Balaban J connectivity index is 1.38. The van der Waals surface area contributed by atoms with Crippen LogP contribution in [0.25, 0.3) is 11.0 Å². The van der Waals surface area contributed by atoms with Gasteiger partial charge in [-0.05, 0) is 31.4 Å². The number of likely N-dealkylation sites (tertiary alicyclic amines) is 1. The van der Waals surface area contributed by atoms with E-state index in [9.17, 15) is 19.5 Å². The minimum atomic E-state index is -0.836. The number of amides is 3. The molecule has 0 saturated carbocycles. The quantitative estimate of drug-likeness (QED) is 0.393. The first-order valence-electron chi connectivity index (χ1n) is 13.8. The lowest BCUT2D eigenvalue weighted by atomic mass is 9.78. The van der Waals surface area contributed by atoms with E-state index in [2.05, 4.69) is 16.4 Å². The molecule has 6 rings (SSSR count). The van der Waals surface area contributed by atoms with Crippen molar-refractivity contribution in [2.75, 3.05) is 32.8 Å². The minimum Gasteiger partial charge on any atom is -0.396 e. The van der Waals surface area contributed by atoms with Gasteiger partial charge in [0.05, 0.1) is 22.1 Å². The zero-order valence-electron chi connectivity index (χ0n) is 22.1. The van der Waals surface area contributed by atoms with Crippen LogP contribution in [0, 0.1) is 11.8 Å². The lowest BCUT2D eigenvalue weighted by molar-refractivity contribution is -0.144. The number of carbonyl (C=O) groups is 3. The zero-order chi connectivity index (χ0) is 27.1. The summed E-state index contributed by atoms with van der Waals surface area (Å²) in [5.74, 6) is -1.41. The van der Waals surface area contributed by atoms with Crippen LogP contribution in [0.5, 0.6) is 0 Å². The van der Waals surface area contributed by atoms with Crippen LogP contribution in [0.4, 0.5) is 0 Å². The van der Waals surface area contributed by atoms with Crippen molar-refractivity contribution in [1.29, 1.82) is 0 Å². The van der Waals surface area contributed by atoms with Crippen molar-refractivity contribution in [2.45, 2.75) is 48.9 Å². The number of nitrogens with zero attached hydrogens (tertiary/aromatic N) is 6. The fourth-order valence-electron chi connectivity index (χ4n) is 6.65. The van der Waals surface area contributed by atoms with Gasteiger partial charge in [0, 0.05) is 38.0 Å². The van der Waals surface area contributed by atoms with Gasteiger partial charge in [0.15, 0.2) is 0 Å². The summed E-state index contributed by atoms with van der Waals surface area (Å²) in [5.41, 5.74) is 1.58. The van der Waals surface area contributed by atoms with Gasteiger partial charge in [0.25, 0.3) is 0 Å². The Morgan fingerprint density at radius 1 is 1.03 bits per heavy atom. The summed E-state index contributed by atoms with van der Waals surface area (Å²) in [4.78, 5) is 47.7. The number of benzene rings is 1. The second kappa shape index (κ2) is 10.4. The topological polar surface area (TPSA) is 112 Å². The van der Waals surface area contributed by atoms with E-state index < -0.39 is 22.6 Å². The third-order valence-electron chi connectivity index (χ3n) is 8.35. The van der Waals surface area contributed by atoms with E-state index in [0.29, 0.717) is 39.0 Å². The second-order valence-electron chi connectivity index (χ2n) is 10.7. The number of para-hydroxylation sites is 1. The highest BCUT2D eigenvalue weighted by atomic mass is 32.2. The van der Waals surface area contributed by atoms with E-state index in [0.717, 1.165) is 17.5 Å². The van der Waals surface area contributed by atoms with Crippen LogP contribution < -0.4 is 0 Å². The van der Waals surface area contributed by atoms with Crippen molar-refractivity contribution in [1.82, 2.24) is 29.7 Å². The molecule has 3 amide bonds. The van der Waals surface area contributed by atoms with Gasteiger partial charge in [-0.15, -0.1) is 16.9 Å². The number of thioether (sulfide) groups is 1. The van der Waals surface area contributed by atoms with Crippen molar-refractivity contribution in [3.63, 3.8) is 0 Å². The van der Waals surface area contributed by atoms with Gasteiger partial charge in [-0.3, -0.25) is 14.4 Å². The molecule has 5 heterocycles. The average molecular weight is 551 g/mol. The van der Waals surface area contributed by atoms with Crippen molar-refractivity contribution < 1.29 is 19.5 Å². The molecular weight excluding hydrogens is 516 g/mol. The van der Waals surface area contributed by atoms with E-state index in [4.69, 9.17) is 0 Å². The molecule has 1 spiro atoms. The molecule has 2 saturated heterocycles. The standard InChI is InChI=1S/C28H34N6O4S/c1-2-13-31-14-7-11-21-22(25(31)36)23-26(37)33(16-5-6-17-35)24-27(38)32(15-8-12-28(23,24)39-21)18-34-20-10-4-3-9-19(20)29-30-34/h3-4,7-12,21-24,35H,2,5-6,13-18H2,1H3/t21-,22+,23-,24?,28-/m0/s1. The van der Waals surface area contributed by atoms with Crippen molar-refractivity contribution in [2.24, 2.45) is 11.8 Å². The van der Waals surface area contributed by atoms with Gasteiger partial charge in [-0.1, -0.05) is 48.6 Å². The van der Waals surface area contributed by atoms with E-state index >= 15 is 0 Å². The van der Waals surface area contributed by atoms with Crippen LogP contribution in [-0.2, 0) is 21.1 Å². The molecule has 2 aromatic rings. The predicted octanol–water partition coefficient (Wildman–Crippen LogP) is 1.67. The molecule has 4 aliphatic rings. The molecule has 206 valence electrons. The largest absolute Gasteiger partial charge is 0.396 e. The normalized spacial score (nSPS) is 30.1. The fourth-order valence-corrected chi connectivity index (χ4v) is 8.66. The van der Waals surface area contributed by atoms with Crippen molar-refractivity contribution in [3.8, 4) is 0 Å². The SMILES string of the molecule is CCCN1CC=C[C@@H]2S[C@]34C=CCN(Cn5nnc6ccccc65)C(=O)C3N(CCCCO)C(=O)[C@@H]4[C@@H]2C1=O. The van der Waals surface area contributed by atoms with E-state index in [1.54, 1.807) is 26.2 Å². The Kier molecular flexibility index (Phi) is 6.96. The molecule has 0 bridgehead atoms. The molecule has 2 fully saturated rings. The number of rotatable bonds is 8. The predicted molar refractivity (Wildman–Crippen MR) is 147 cm³/mol. The van der Waals surface area contributed by atoms with Gasteiger partial charge in [0.2, 0.25) is 17.7 Å². The first kappa shape index (κ1) is 26.1. The first-order chi connectivity index (χ1) is 19.0. The Bertz CT molecular complexity index is 1340. The van der Waals surface area contributed by atoms with Gasteiger partial charge in [0.1, 0.15) is 18.2 Å². The highest BCUT2D eigenvalue weighted by molar-refractivity contribution is 8.02. The highest BCUT2D eigenvalue weighted by Gasteiger charge is 2.70. The Morgan fingerprint density at radius 3 is 2.67 bits per heavy atom. The number of hydrogen-bond acceptors (Lipinski definition) is 7. The molecule has 0 aliphatic carbocycles.